The highest BCUT2D eigenvalue weighted by atomic mass is 16.4. The molecule has 3 rings (SSSR count). The van der Waals surface area contributed by atoms with Crippen LogP contribution >= 0.6 is 0 Å². The van der Waals surface area contributed by atoms with Gasteiger partial charge in [-0.15, -0.1) is 0 Å². The van der Waals surface area contributed by atoms with Crippen molar-refractivity contribution in [2.75, 3.05) is 5.73 Å². The van der Waals surface area contributed by atoms with Gasteiger partial charge in [0, 0.05) is 12.2 Å². The summed E-state index contributed by atoms with van der Waals surface area (Å²) in [7, 11) is 0. The van der Waals surface area contributed by atoms with E-state index in [1.165, 1.54) is 6.33 Å². The van der Waals surface area contributed by atoms with Crippen LogP contribution in [-0.4, -0.2) is 31.8 Å². The van der Waals surface area contributed by atoms with Gasteiger partial charge in [0.15, 0.2) is 0 Å². The second-order valence-corrected chi connectivity index (χ2v) is 4.43. The normalized spacial score (nSPS) is 18.6. The number of carbonyl (C=O) groups is 1. The fourth-order valence-electron chi connectivity index (χ4n) is 2.47. The SMILES string of the molecule is Nc1ncnc2c1cc1n2CC(NC(=O)O)CC1. The summed E-state index contributed by atoms with van der Waals surface area (Å²) in [5, 5.41) is 12.1. The van der Waals surface area contributed by atoms with Crippen LogP contribution in [0.25, 0.3) is 11.0 Å². The van der Waals surface area contributed by atoms with Crippen molar-refractivity contribution in [1.82, 2.24) is 19.9 Å². The number of nitrogens with two attached hydrogens (primary N) is 1. The maximum Gasteiger partial charge on any atom is 0.404 e. The molecule has 0 saturated heterocycles. The van der Waals surface area contributed by atoms with Crippen LogP contribution in [0.1, 0.15) is 12.1 Å². The third-order valence-corrected chi connectivity index (χ3v) is 3.29. The number of aromatic nitrogens is 3. The number of nitrogens with one attached hydrogen (secondary N) is 1. The predicted octanol–water partition coefficient (Wildman–Crippen LogP) is 0.596. The molecule has 1 amide bonds. The van der Waals surface area contributed by atoms with Gasteiger partial charge in [0.05, 0.1) is 11.4 Å². The summed E-state index contributed by atoms with van der Waals surface area (Å²) in [5.41, 5.74) is 7.71. The highest BCUT2D eigenvalue weighted by molar-refractivity contribution is 5.87. The molecule has 1 unspecified atom stereocenters. The topological polar surface area (TPSA) is 106 Å². The number of rotatable bonds is 1. The van der Waals surface area contributed by atoms with Crippen LogP contribution in [0.3, 0.4) is 0 Å². The van der Waals surface area contributed by atoms with E-state index in [4.69, 9.17) is 10.8 Å². The summed E-state index contributed by atoms with van der Waals surface area (Å²) < 4.78 is 2.01. The average molecular weight is 247 g/mol. The summed E-state index contributed by atoms with van der Waals surface area (Å²) >= 11 is 0. The van der Waals surface area contributed by atoms with Crippen molar-refractivity contribution in [1.29, 1.82) is 0 Å². The first-order valence-electron chi connectivity index (χ1n) is 5.73. The number of fused-ring (bicyclic) bond motifs is 3. The van der Waals surface area contributed by atoms with Crippen LogP contribution in [-0.2, 0) is 13.0 Å². The minimum atomic E-state index is -0.992. The summed E-state index contributed by atoms with van der Waals surface area (Å²) in [6.07, 6.45) is 2.03. The lowest BCUT2D eigenvalue weighted by Gasteiger charge is -2.24. The molecule has 0 spiro atoms. The van der Waals surface area contributed by atoms with E-state index in [1.807, 2.05) is 10.6 Å². The van der Waals surface area contributed by atoms with Crippen molar-refractivity contribution in [3.05, 3.63) is 18.1 Å². The highest BCUT2D eigenvalue weighted by Gasteiger charge is 2.23. The quantitative estimate of drug-likeness (QED) is 0.684. The number of anilines is 1. The van der Waals surface area contributed by atoms with E-state index in [9.17, 15) is 4.79 Å². The van der Waals surface area contributed by atoms with Crippen LogP contribution in [0.5, 0.6) is 0 Å². The lowest BCUT2D eigenvalue weighted by Crippen LogP contribution is -2.40. The van der Waals surface area contributed by atoms with Crippen molar-refractivity contribution in [3.63, 3.8) is 0 Å². The van der Waals surface area contributed by atoms with Gasteiger partial charge in [0.1, 0.15) is 17.8 Å². The molecule has 1 aliphatic heterocycles. The Bertz CT molecular complexity index is 621. The van der Waals surface area contributed by atoms with Crippen LogP contribution in [0.4, 0.5) is 10.6 Å². The molecule has 7 heteroatoms. The second-order valence-electron chi connectivity index (χ2n) is 4.43. The van der Waals surface area contributed by atoms with Gasteiger partial charge in [0.25, 0.3) is 0 Å². The van der Waals surface area contributed by atoms with E-state index < -0.39 is 6.09 Å². The van der Waals surface area contributed by atoms with Gasteiger partial charge < -0.3 is 20.7 Å². The summed E-state index contributed by atoms with van der Waals surface area (Å²) in [6, 6.07) is 1.91. The molecule has 7 nitrogen and oxygen atoms in total. The maximum absolute atomic E-state index is 10.7. The molecule has 1 aliphatic rings. The number of hydrogen-bond acceptors (Lipinski definition) is 4. The molecule has 0 saturated carbocycles. The van der Waals surface area contributed by atoms with Gasteiger partial charge in [-0.05, 0) is 18.9 Å². The first kappa shape index (κ1) is 10.8. The van der Waals surface area contributed by atoms with E-state index in [1.54, 1.807) is 0 Å². The van der Waals surface area contributed by atoms with Crippen molar-refractivity contribution in [2.24, 2.45) is 0 Å². The average Bonchev–Trinajstić information content (AvgIpc) is 2.68. The van der Waals surface area contributed by atoms with E-state index in [-0.39, 0.29) is 6.04 Å². The van der Waals surface area contributed by atoms with Gasteiger partial charge in [-0.1, -0.05) is 0 Å². The van der Waals surface area contributed by atoms with Crippen molar-refractivity contribution >= 4 is 22.9 Å². The molecule has 4 N–H and O–H groups in total. The zero-order chi connectivity index (χ0) is 12.7. The fourth-order valence-corrected chi connectivity index (χ4v) is 2.47. The van der Waals surface area contributed by atoms with E-state index >= 15 is 0 Å². The molecule has 2 aromatic heterocycles. The molecule has 0 aromatic carbocycles. The molecule has 1 atom stereocenters. The number of nitrogens with zero attached hydrogens (tertiary/aromatic N) is 3. The minimum absolute atomic E-state index is 0.0817. The van der Waals surface area contributed by atoms with Crippen molar-refractivity contribution in [3.8, 4) is 0 Å². The molecule has 0 aliphatic carbocycles. The van der Waals surface area contributed by atoms with E-state index in [0.29, 0.717) is 12.4 Å². The summed E-state index contributed by atoms with van der Waals surface area (Å²) in [5.74, 6) is 0.463. The second kappa shape index (κ2) is 3.86. The zero-order valence-electron chi connectivity index (χ0n) is 9.63. The maximum atomic E-state index is 10.7. The Kier molecular flexibility index (Phi) is 2.32. The Balaban J connectivity index is 2.02. The summed E-state index contributed by atoms with van der Waals surface area (Å²) in [6.45, 7) is 0.585. The van der Waals surface area contributed by atoms with Gasteiger partial charge in [-0.3, -0.25) is 0 Å². The third-order valence-electron chi connectivity index (χ3n) is 3.29. The molecule has 0 bridgehead atoms. The van der Waals surface area contributed by atoms with Crippen molar-refractivity contribution in [2.45, 2.75) is 25.4 Å². The first-order valence-corrected chi connectivity index (χ1v) is 5.73. The van der Waals surface area contributed by atoms with Gasteiger partial charge >= 0.3 is 6.09 Å². The molecule has 2 aromatic rings. The Morgan fingerprint density at radius 1 is 1.56 bits per heavy atom. The molecule has 18 heavy (non-hydrogen) atoms. The standard InChI is InChI=1S/C11H13N5O2/c12-9-8-3-7-2-1-6(15-11(17)18)4-16(7)10(8)14-5-13-9/h3,5-6,15H,1-2,4H2,(H,17,18)(H2,12,13,14). The number of nitrogen functional groups attached to an aromatic ring is 1. The van der Waals surface area contributed by atoms with E-state index in [2.05, 4.69) is 15.3 Å². The van der Waals surface area contributed by atoms with Crippen LogP contribution in [0.2, 0.25) is 0 Å². The Hall–Kier alpha value is -2.31. The molecule has 0 radical (unpaired) electrons. The summed E-state index contributed by atoms with van der Waals surface area (Å²) in [4.78, 5) is 18.9. The largest absolute Gasteiger partial charge is 0.465 e. The van der Waals surface area contributed by atoms with Gasteiger partial charge in [-0.2, -0.15) is 0 Å². The lowest BCUT2D eigenvalue weighted by molar-refractivity contribution is 0.186. The monoisotopic (exact) mass is 247 g/mol. The Morgan fingerprint density at radius 3 is 3.17 bits per heavy atom. The van der Waals surface area contributed by atoms with Gasteiger partial charge in [-0.25, -0.2) is 14.8 Å². The molecule has 94 valence electrons. The first-order chi connectivity index (χ1) is 8.65. The van der Waals surface area contributed by atoms with E-state index in [0.717, 1.165) is 29.6 Å². The highest BCUT2D eigenvalue weighted by Crippen LogP contribution is 2.26. The molecule has 3 heterocycles. The minimum Gasteiger partial charge on any atom is -0.465 e. The van der Waals surface area contributed by atoms with Gasteiger partial charge in [0.2, 0.25) is 0 Å². The molecule has 0 fully saturated rings. The van der Waals surface area contributed by atoms with Crippen molar-refractivity contribution < 1.29 is 9.90 Å². The Morgan fingerprint density at radius 2 is 2.39 bits per heavy atom. The zero-order valence-corrected chi connectivity index (χ0v) is 9.63. The lowest BCUT2D eigenvalue weighted by atomic mass is 10.1. The van der Waals surface area contributed by atoms with Crippen LogP contribution in [0.15, 0.2) is 12.4 Å². The third kappa shape index (κ3) is 1.64. The number of amides is 1. The van der Waals surface area contributed by atoms with Crippen LogP contribution < -0.4 is 11.1 Å². The fraction of sp³-hybridized carbons (Fsp3) is 0.364. The number of aryl methyl sites for hydroxylation is 1. The smallest absolute Gasteiger partial charge is 0.404 e. The number of hydrogen-bond donors (Lipinski definition) is 3. The van der Waals surface area contributed by atoms with Crippen LogP contribution in [0, 0.1) is 0 Å². The molecular formula is C11H13N5O2. The number of carboxylic acid groups (broad SMARTS) is 1. The predicted molar refractivity (Wildman–Crippen MR) is 65.2 cm³/mol. The molecular weight excluding hydrogens is 234 g/mol. The Labute approximate surface area is 103 Å².